The highest BCUT2D eigenvalue weighted by Crippen LogP contribution is 2.23. The van der Waals surface area contributed by atoms with Crippen molar-refractivity contribution in [2.75, 3.05) is 7.05 Å². The van der Waals surface area contributed by atoms with Crippen LogP contribution in [0.3, 0.4) is 0 Å². The van der Waals surface area contributed by atoms with Gasteiger partial charge in [-0.3, -0.25) is 4.40 Å². The SMILES string of the molecule is CNCc1cn2c3cc(C)cc(C)c3nc2n1C. The number of imidazole rings is 2. The Balaban J connectivity index is 2.38. The van der Waals surface area contributed by atoms with E-state index in [2.05, 4.69) is 53.5 Å². The number of aryl methyl sites for hydroxylation is 3. The summed E-state index contributed by atoms with van der Waals surface area (Å²) in [6, 6.07) is 4.38. The average Bonchev–Trinajstić information content (AvgIpc) is 2.80. The zero-order chi connectivity index (χ0) is 12.9. The molecule has 1 N–H and O–H groups in total. The molecule has 94 valence electrons. The molecule has 0 aliphatic heterocycles. The number of benzene rings is 1. The van der Waals surface area contributed by atoms with Crippen LogP contribution >= 0.6 is 0 Å². The van der Waals surface area contributed by atoms with E-state index in [0.717, 1.165) is 17.8 Å². The lowest BCUT2D eigenvalue weighted by Crippen LogP contribution is -2.08. The average molecular weight is 242 g/mol. The summed E-state index contributed by atoms with van der Waals surface area (Å²) < 4.78 is 4.33. The summed E-state index contributed by atoms with van der Waals surface area (Å²) >= 11 is 0. The fourth-order valence-electron chi connectivity index (χ4n) is 2.60. The van der Waals surface area contributed by atoms with Gasteiger partial charge in [-0.15, -0.1) is 0 Å². The highest BCUT2D eigenvalue weighted by molar-refractivity contribution is 5.83. The third kappa shape index (κ3) is 1.46. The van der Waals surface area contributed by atoms with Crippen molar-refractivity contribution in [3.8, 4) is 0 Å². The fourth-order valence-corrected chi connectivity index (χ4v) is 2.60. The van der Waals surface area contributed by atoms with Crippen molar-refractivity contribution in [2.45, 2.75) is 20.4 Å². The van der Waals surface area contributed by atoms with E-state index in [1.54, 1.807) is 0 Å². The first-order valence-electron chi connectivity index (χ1n) is 6.20. The molecule has 18 heavy (non-hydrogen) atoms. The molecule has 0 bridgehead atoms. The van der Waals surface area contributed by atoms with E-state index >= 15 is 0 Å². The first-order chi connectivity index (χ1) is 8.61. The molecule has 0 atom stereocenters. The molecule has 0 spiro atoms. The van der Waals surface area contributed by atoms with E-state index in [0.29, 0.717) is 0 Å². The van der Waals surface area contributed by atoms with Gasteiger partial charge < -0.3 is 9.88 Å². The Morgan fingerprint density at radius 3 is 2.78 bits per heavy atom. The topological polar surface area (TPSA) is 34.3 Å². The number of fused-ring (bicyclic) bond motifs is 3. The number of nitrogens with one attached hydrogen (secondary N) is 1. The third-order valence-corrected chi connectivity index (χ3v) is 3.48. The van der Waals surface area contributed by atoms with Gasteiger partial charge in [0.2, 0.25) is 5.78 Å². The number of rotatable bonds is 2. The van der Waals surface area contributed by atoms with Crippen LogP contribution in [0.4, 0.5) is 0 Å². The van der Waals surface area contributed by atoms with Gasteiger partial charge in [-0.05, 0) is 38.1 Å². The van der Waals surface area contributed by atoms with Crippen molar-refractivity contribution in [1.29, 1.82) is 0 Å². The van der Waals surface area contributed by atoms with Crippen molar-refractivity contribution in [3.63, 3.8) is 0 Å². The van der Waals surface area contributed by atoms with Crippen LogP contribution in [0.1, 0.15) is 16.8 Å². The number of hydrogen-bond donors (Lipinski definition) is 1. The molecule has 0 amide bonds. The molecule has 4 nitrogen and oxygen atoms in total. The Bertz CT molecular complexity index is 733. The van der Waals surface area contributed by atoms with Gasteiger partial charge in [0.15, 0.2) is 0 Å². The maximum atomic E-state index is 4.76. The van der Waals surface area contributed by atoms with Crippen molar-refractivity contribution in [3.05, 3.63) is 35.2 Å². The van der Waals surface area contributed by atoms with Crippen LogP contribution in [0, 0.1) is 13.8 Å². The second-order valence-corrected chi connectivity index (χ2v) is 4.94. The van der Waals surface area contributed by atoms with Crippen LogP contribution in [0.15, 0.2) is 18.3 Å². The van der Waals surface area contributed by atoms with Crippen molar-refractivity contribution in [1.82, 2.24) is 19.3 Å². The highest BCUT2D eigenvalue weighted by Gasteiger charge is 2.12. The Morgan fingerprint density at radius 2 is 2.06 bits per heavy atom. The lowest BCUT2D eigenvalue weighted by atomic mass is 10.1. The molecule has 0 saturated carbocycles. The van der Waals surface area contributed by atoms with Crippen LogP contribution in [0.2, 0.25) is 0 Å². The van der Waals surface area contributed by atoms with E-state index < -0.39 is 0 Å². The molecule has 2 heterocycles. The quantitative estimate of drug-likeness (QED) is 0.747. The zero-order valence-corrected chi connectivity index (χ0v) is 11.3. The van der Waals surface area contributed by atoms with Gasteiger partial charge >= 0.3 is 0 Å². The number of hydrogen-bond acceptors (Lipinski definition) is 2. The maximum Gasteiger partial charge on any atom is 0.214 e. The molecule has 0 saturated heterocycles. The summed E-state index contributed by atoms with van der Waals surface area (Å²) in [5, 5.41) is 3.18. The molecule has 2 aromatic heterocycles. The minimum absolute atomic E-state index is 0.853. The molecule has 0 aliphatic carbocycles. The molecule has 0 aliphatic rings. The molecule has 0 radical (unpaired) electrons. The molecule has 1 aromatic carbocycles. The lowest BCUT2D eigenvalue weighted by molar-refractivity contribution is 0.742. The van der Waals surface area contributed by atoms with Crippen LogP contribution in [0.5, 0.6) is 0 Å². The zero-order valence-electron chi connectivity index (χ0n) is 11.3. The molecule has 3 aromatic rings. The summed E-state index contributed by atoms with van der Waals surface area (Å²) in [5.41, 5.74) is 6.05. The van der Waals surface area contributed by atoms with Crippen molar-refractivity contribution >= 4 is 16.8 Å². The van der Waals surface area contributed by atoms with Crippen molar-refractivity contribution < 1.29 is 0 Å². The summed E-state index contributed by atoms with van der Waals surface area (Å²) in [5.74, 6) is 1.00. The summed E-state index contributed by atoms with van der Waals surface area (Å²) in [6.45, 7) is 5.10. The normalized spacial score (nSPS) is 11.8. The minimum Gasteiger partial charge on any atom is -0.316 e. The van der Waals surface area contributed by atoms with Gasteiger partial charge in [0.1, 0.15) is 0 Å². The smallest absolute Gasteiger partial charge is 0.214 e. The summed E-state index contributed by atoms with van der Waals surface area (Å²) in [7, 11) is 4.03. The van der Waals surface area contributed by atoms with Gasteiger partial charge in [-0.2, -0.15) is 0 Å². The van der Waals surface area contributed by atoms with Crippen molar-refractivity contribution in [2.24, 2.45) is 7.05 Å². The molecular weight excluding hydrogens is 224 g/mol. The van der Waals surface area contributed by atoms with Gasteiger partial charge in [0.05, 0.1) is 16.7 Å². The Labute approximate surface area is 106 Å². The summed E-state index contributed by atoms with van der Waals surface area (Å²) in [4.78, 5) is 4.76. The van der Waals surface area contributed by atoms with Crippen LogP contribution in [-0.2, 0) is 13.6 Å². The molecule has 0 unspecified atom stereocenters. The number of nitrogens with zero attached hydrogens (tertiary/aromatic N) is 3. The Morgan fingerprint density at radius 1 is 1.28 bits per heavy atom. The molecule has 3 rings (SSSR count). The largest absolute Gasteiger partial charge is 0.316 e. The molecule has 0 fully saturated rings. The van der Waals surface area contributed by atoms with Crippen LogP contribution in [-0.4, -0.2) is 21.0 Å². The molecule has 4 heteroatoms. The predicted molar refractivity (Wildman–Crippen MR) is 73.9 cm³/mol. The predicted octanol–water partition coefficient (Wildman–Crippen LogP) is 2.16. The lowest BCUT2D eigenvalue weighted by Gasteiger charge is -2.00. The van der Waals surface area contributed by atoms with E-state index in [1.807, 2.05) is 7.05 Å². The van der Waals surface area contributed by atoms with E-state index in [-0.39, 0.29) is 0 Å². The van der Waals surface area contributed by atoms with Gasteiger partial charge in [0.25, 0.3) is 0 Å². The number of aromatic nitrogens is 3. The molecular formula is C14H18N4. The van der Waals surface area contributed by atoms with Gasteiger partial charge in [0, 0.05) is 19.8 Å². The van der Waals surface area contributed by atoms with Gasteiger partial charge in [-0.1, -0.05) is 6.07 Å². The fraction of sp³-hybridized carbons (Fsp3) is 0.357. The van der Waals surface area contributed by atoms with E-state index in [4.69, 9.17) is 4.98 Å². The van der Waals surface area contributed by atoms with E-state index in [9.17, 15) is 0 Å². The van der Waals surface area contributed by atoms with Crippen LogP contribution < -0.4 is 5.32 Å². The summed E-state index contributed by atoms with van der Waals surface area (Å²) in [6.07, 6.45) is 2.17. The minimum atomic E-state index is 0.853. The maximum absolute atomic E-state index is 4.76. The van der Waals surface area contributed by atoms with Crippen LogP contribution in [0.25, 0.3) is 16.8 Å². The second-order valence-electron chi connectivity index (χ2n) is 4.94. The highest BCUT2D eigenvalue weighted by atomic mass is 15.2. The third-order valence-electron chi connectivity index (χ3n) is 3.48. The monoisotopic (exact) mass is 242 g/mol. The Hall–Kier alpha value is -1.81. The standard InChI is InChI=1S/C14H18N4/c1-9-5-10(2)13-12(6-9)18-8-11(7-15-3)17(4)14(18)16-13/h5-6,8,15H,7H2,1-4H3. The first kappa shape index (κ1) is 11.3. The second kappa shape index (κ2) is 3.85. The first-order valence-corrected chi connectivity index (χ1v) is 6.20. The Kier molecular flexibility index (Phi) is 2.41. The van der Waals surface area contributed by atoms with Gasteiger partial charge in [-0.25, -0.2) is 4.98 Å². The van der Waals surface area contributed by atoms with E-state index in [1.165, 1.54) is 22.3 Å².